The maximum atomic E-state index is 12.7. The van der Waals surface area contributed by atoms with Crippen LogP contribution in [0, 0.1) is 11.8 Å². The van der Waals surface area contributed by atoms with E-state index in [4.69, 9.17) is 4.74 Å². The number of nitrogens with one attached hydrogen (secondary N) is 1. The summed E-state index contributed by atoms with van der Waals surface area (Å²) >= 11 is 0. The number of benzene rings is 2. The Balaban J connectivity index is 1.33. The largest absolute Gasteiger partial charge is 0.479 e. The van der Waals surface area contributed by atoms with E-state index >= 15 is 0 Å². The summed E-state index contributed by atoms with van der Waals surface area (Å²) in [7, 11) is 0. The molecule has 2 aromatic rings. The first-order valence-electron chi connectivity index (χ1n) is 10.4. The Kier molecular flexibility index (Phi) is 4.34. The van der Waals surface area contributed by atoms with Crippen LogP contribution in [0.5, 0.6) is 0 Å². The van der Waals surface area contributed by atoms with E-state index in [1.807, 2.05) is 24.3 Å². The monoisotopic (exact) mass is 391 g/mol. The second kappa shape index (κ2) is 6.90. The third kappa shape index (κ3) is 2.91. The molecule has 0 saturated heterocycles. The molecule has 0 spiro atoms. The third-order valence-electron chi connectivity index (χ3n) is 7.20. The van der Waals surface area contributed by atoms with Crippen molar-refractivity contribution in [1.29, 1.82) is 0 Å². The van der Waals surface area contributed by atoms with E-state index in [2.05, 4.69) is 29.6 Å². The van der Waals surface area contributed by atoms with E-state index in [0.29, 0.717) is 12.3 Å². The van der Waals surface area contributed by atoms with Crippen molar-refractivity contribution < 1.29 is 19.4 Å². The van der Waals surface area contributed by atoms with Gasteiger partial charge in [0.05, 0.1) is 0 Å². The normalized spacial score (nSPS) is 27.2. The van der Waals surface area contributed by atoms with Crippen molar-refractivity contribution in [3.63, 3.8) is 0 Å². The van der Waals surface area contributed by atoms with Crippen LogP contribution in [0.15, 0.2) is 48.5 Å². The highest BCUT2D eigenvalue weighted by Gasteiger charge is 2.54. The van der Waals surface area contributed by atoms with Crippen molar-refractivity contribution in [3.8, 4) is 11.1 Å². The number of aliphatic carboxylic acids is 1. The molecule has 3 saturated carbocycles. The Morgan fingerprint density at radius 3 is 2.07 bits per heavy atom. The maximum Gasteiger partial charge on any atom is 0.408 e. The second-order valence-electron chi connectivity index (χ2n) is 8.65. The summed E-state index contributed by atoms with van der Waals surface area (Å²) in [4.78, 5) is 24.8. The molecule has 4 aliphatic carbocycles. The highest BCUT2D eigenvalue weighted by Crippen LogP contribution is 2.48. The minimum atomic E-state index is -1.18. The molecule has 0 heterocycles. The van der Waals surface area contributed by atoms with Gasteiger partial charge in [-0.2, -0.15) is 0 Å². The van der Waals surface area contributed by atoms with Gasteiger partial charge in [-0.1, -0.05) is 48.5 Å². The maximum absolute atomic E-state index is 12.7. The van der Waals surface area contributed by atoms with Crippen LogP contribution < -0.4 is 5.32 Å². The lowest BCUT2D eigenvalue weighted by molar-refractivity contribution is -0.152. The van der Waals surface area contributed by atoms with Crippen LogP contribution in [-0.4, -0.2) is 29.3 Å². The number of fused-ring (bicyclic) bond motifs is 6. The number of rotatable bonds is 4. The van der Waals surface area contributed by atoms with Gasteiger partial charge in [0.2, 0.25) is 0 Å². The van der Waals surface area contributed by atoms with Crippen LogP contribution in [0.1, 0.15) is 49.1 Å². The number of carbonyl (C=O) groups is 2. The second-order valence-corrected chi connectivity index (χ2v) is 8.65. The number of carboxylic acids is 1. The van der Waals surface area contributed by atoms with E-state index in [9.17, 15) is 14.7 Å². The van der Waals surface area contributed by atoms with Gasteiger partial charge in [0.15, 0.2) is 0 Å². The Hall–Kier alpha value is -2.82. The van der Waals surface area contributed by atoms with E-state index in [1.54, 1.807) is 0 Å². The van der Waals surface area contributed by atoms with Gasteiger partial charge in [-0.15, -0.1) is 0 Å². The van der Waals surface area contributed by atoms with E-state index < -0.39 is 17.6 Å². The first-order chi connectivity index (χ1) is 14.1. The average Bonchev–Trinajstić information content (AvgIpc) is 3.07. The molecule has 2 bridgehead atoms. The summed E-state index contributed by atoms with van der Waals surface area (Å²) < 4.78 is 5.61. The lowest BCUT2D eigenvalue weighted by Crippen LogP contribution is -2.63. The molecule has 1 atom stereocenters. The minimum Gasteiger partial charge on any atom is -0.479 e. The average molecular weight is 391 g/mol. The van der Waals surface area contributed by atoms with Gasteiger partial charge in [0.1, 0.15) is 12.1 Å². The van der Waals surface area contributed by atoms with Crippen molar-refractivity contribution in [2.24, 2.45) is 11.8 Å². The van der Waals surface area contributed by atoms with E-state index in [1.165, 1.54) is 11.1 Å². The summed E-state index contributed by atoms with van der Waals surface area (Å²) in [5.41, 5.74) is 3.45. The van der Waals surface area contributed by atoms with Crippen LogP contribution >= 0.6 is 0 Å². The highest BCUT2D eigenvalue weighted by molar-refractivity contribution is 5.85. The molecule has 5 heteroatoms. The molecule has 150 valence electrons. The number of alkyl carbamates (subject to hydrolysis) is 1. The number of carbonyl (C=O) groups excluding carboxylic acids is 1. The van der Waals surface area contributed by atoms with Crippen LogP contribution in [0.4, 0.5) is 4.79 Å². The standard InChI is InChI=1S/C24H25NO4/c26-22(27)24(13-15-9-11-16(24)12-10-15)25-23(28)29-14-21-19-7-3-1-5-17(19)18-6-2-4-8-20(18)21/h1-8,15-16,21H,9-14H2,(H,25,28)(H,26,27). The van der Waals surface area contributed by atoms with Gasteiger partial charge in [-0.25, -0.2) is 9.59 Å². The highest BCUT2D eigenvalue weighted by atomic mass is 16.5. The Bertz CT molecular complexity index is 917. The topological polar surface area (TPSA) is 75.6 Å². The number of carboxylic acid groups (broad SMARTS) is 1. The molecule has 3 fully saturated rings. The molecule has 29 heavy (non-hydrogen) atoms. The fraction of sp³-hybridized carbons (Fsp3) is 0.417. The smallest absolute Gasteiger partial charge is 0.408 e. The summed E-state index contributed by atoms with van der Waals surface area (Å²) in [6.07, 6.45) is 3.73. The zero-order valence-corrected chi connectivity index (χ0v) is 16.3. The Morgan fingerprint density at radius 2 is 1.55 bits per heavy atom. The molecule has 1 unspecified atom stereocenters. The molecule has 6 rings (SSSR count). The predicted octanol–water partition coefficient (Wildman–Crippen LogP) is 4.56. The van der Waals surface area contributed by atoms with E-state index in [-0.39, 0.29) is 18.4 Å². The number of ether oxygens (including phenoxy) is 1. The molecule has 0 aliphatic heterocycles. The van der Waals surface area contributed by atoms with Crippen molar-refractivity contribution in [1.82, 2.24) is 5.32 Å². The predicted molar refractivity (Wildman–Crippen MR) is 109 cm³/mol. The molecule has 5 nitrogen and oxygen atoms in total. The number of hydrogen-bond donors (Lipinski definition) is 2. The fourth-order valence-electron chi connectivity index (χ4n) is 5.77. The van der Waals surface area contributed by atoms with Gasteiger partial charge < -0.3 is 15.2 Å². The fourth-order valence-corrected chi connectivity index (χ4v) is 5.77. The quantitative estimate of drug-likeness (QED) is 0.801. The SMILES string of the molecule is O=C(NC1(C(=O)O)CC2CCC1CC2)OCC1c2ccccc2-c2ccccc21. The van der Waals surface area contributed by atoms with Gasteiger partial charge in [0, 0.05) is 5.92 Å². The molecule has 1 amide bonds. The van der Waals surface area contributed by atoms with E-state index in [0.717, 1.165) is 36.8 Å². The third-order valence-corrected chi connectivity index (χ3v) is 7.20. The van der Waals surface area contributed by atoms with Crippen LogP contribution in [0.3, 0.4) is 0 Å². The Morgan fingerprint density at radius 1 is 0.966 bits per heavy atom. The number of amides is 1. The van der Waals surface area contributed by atoms with Crippen molar-refractivity contribution in [2.45, 2.75) is 43.6 Å². The van der Waals surface area contributed by atoms with Crippen LogP contribution in [0.2, 0.25) is 0 Å². The number of hydrogen-bond acceptors (Lipinski definition) is 3. The lowest BCUT2D eigenvalue weighted by Gasteiger charge is -2.48. The van der Waals surface area contributed by atoms with Gasteiger partial charge in [0.25, 0.3) is 0 Å². The molecule has 0 aromatic heterocycles. The van der Waals surface area contributed by atoms with Gasteiger partial charge >= 0.3 is 12.1 Å². The van der Waals surface area contributed by atoms with Crippen LogP contribution in [0.25, 0.3) is 11.1 Å². The minimum absolute atomic E-state index is 0.00881. The van der Waals surface area contributed by atoms with Crippen LogP contribution in [-0.2, 0) is 9.53 Å². The molecule has 0 radical (unpaired) electrons. The van der Waals surface area contributed by atoms with Gasteiger partial charge in [-0.3, -0.25) is 0 Å². The van der Waals surface area contributed by atoms with Crippen molar-refractivity contribution >= 4 is 12.1 Å². The summed E-state index contributed by atoms with van der Waals surface area (Å²) in [5.74, 6) is -0.590. The zero-order valence-electron chi connectivity index (χ0n) is 16.3. The lowest BCUT2D eigenvalue weighted by atomic mass is 9.60. The first kappa shape index (κ1) is 18.2. The van der Waals surface area contributed by atoms with Crippen molar-refractivity contribution in [2.75, 3.05) is 6.61 Å². The molecular formula is C24H25NO4. The van der Waals surface area contributed by atoms with Gasteiger partial charge in [-0.05, 0) is 66.2 Å². The Labute approximate surface area is 170 Å². The summed E-state index contributed by atoms with van der Waals surface area (Å²) in [6.45, 7) is 0.198. The van der Waals surface area contributed by atoms with Crippen molar-refractivity contribution in [3.05, 3.63) is 59.7 Å². The zero-order chi connectivity index (χ0) is 20.0. The molecular weight excluding hydrogens is 366 g/mol. The molecule has 2 aromatic carbocycles. The first-order valence-corrected chi connectivity index (χ1v) is 10.4. The molecule has 2 N–H and O–H groups in total. The molecule has 4 aliphatic rings. The summed E-state index contributed by atoms with van der Waals surface area (Å²) in [5, 5.41) is 12.7. The summed E-state index contributed by atoms with van der Waals surface area (Å²) in [6, 6.07) is 16.3.